The minimum absolute atomic E-state index is 0.131. The van der Waals surface area contributed by atoms with E-state index in [2.05, 4.69) is 5.32 Å². The van der Waals surface area contributed by atoms with Crippen LogP contribution in [0.15, 0.2) is 16.5 Å². The smallest absolute Gasteiger partial charge is 0.404 e. The van der Waals surface area contributed by atoms with Crippen molar-refractivity contribution in [3.05, 3.63) is 28.0 Å². The summed E-state index contributed by atoms with van der Waals surface area (Å²) in [7, 11) is 1.83. The Hall–Kier alpha value is -1.36. The molecule has 1 N–H and O–H groups in total. The third-order valence-electron chi connectivity index (χ3n) is 2.47. The van der Waals surface area contributed by atoms with Crippen LogP contribution in [0.4, 0.5) is 5.88 Å². The molecule has 2 rings (SSSR count). The van der Waals surface area contributed by atoms with Crippen LogP contribution in [0, 0.1) is 10.1 Å². The molecule has 0 amide bonds. The highest BCUT2D eigenvalue weighted by Crippen LogP contribution is 2.46. The topological polar surface area (TPSA) is 68.3 Å². The van der Waals surface area contributed by atoms with Gasteiger partial charge in [-0.1, -0.05) is 0 Å². The molecular weight excluding hydrogens is 172 g/mol. The second kappa shape index (κ2) is 2.56. The minimum Gasteiger partial charge on any atom is -0.404 e. The van der Waals surface area contributed by atoms with Crippen molar-refractivity contribution in [3.8, 4) is 0 Å². The molecule has 1 heterocycles. The van der Waals surface area contributed by atoms with Crippen LogP contribution in [-0.4, -0.2) is 12.0 Å². The molecule has 0 bridgehead atoms. The van der Waals surface area contributed by atoms with Gasteiger partial charge in [-0.3, -0.25) is 10.1 Å². The first-order chi connectivity index (χ1) is 6.18. The fourth-order valence-corrected chi connectivity index (χ4v) is 1.43. The summed E-state index contributed by atoms with van der Waals surface area (Å²) in [6.07, 6.45) is 1.96. The molecule has 0 spiro atoms. The minimum atomic E-state index is -0.519. The molecule has 13 heavy (non-hydrogen) atoms. The van der Waals surface area contributed by atoms with Gasteiger partial charge < -0.3 is 9.73 Å². The van der Waals surface area contributed by atoms with Crippen molar-refractivity contribution < 1.29 is 9.34 Å². The average molecular weight is 182 g/mol. The van der Waals surface area contributed by atoms with Gasteiger partial charge in [0.15, 0.2) is 0 Å². The summed E-state index contributed by atoms with van der Waals surface area (Å²) in [5.74, 6) is 0.484. The fourth-order valence-electron chi connectivity index (χ4n) is 1.43. The van der Waals surface area contributed by atoms with Crippen molar-refractivity contribution in [2.45, 2.75) is 18.4 Å². The van der Waals surface area contributed by atoms with E-state index < -0.39 is 4.92 Å². The van der Waals surface area contributed by atoms with Gasteiger partial charge in [-0.15, -0.1) is 0 Å². The van der Waals surface area contributed by atoms with Gasteiger partial charge in [0.25, 0.3) is 0 Å². The highest BCUT2D eigenvalue weighted by molar-refractivity contribution is 5.27. The zero-order valence-electron chi connectivity index (χ0n) is 7.24. The molecule has 0 saturated heterocycles. The fraction of sp³-hybridized carbons (Fsp3) is 0.500. The molecule has 70 valence electrons. The van der Waals surface area contributed by atoms with Crippen LogP contribution in [0.2, 0.25) is 0 Å². The summed E-state index contributed by atoms with van der Waals surface area (Å²) >= 11 is 0. The van der Waals surface area contributed by atoms with E-state index in [4.69, 9.17) is 4.42 Å². The Balaban J connectivity index is 2.28. The summed E-state index contributed by atoms with van der Waals surface area (Å²) in [6.45, 7) is 0. The van der Waals surface area contributed by atoms with Gasteiger partial charge in [0.05, 0.1) is 11.6 Å². The molecular formula is C8H10N2O3. The first-order valence-corrected chi connectivity index (χ1v) is 4.11. The van der Waals surface area contributed by atoms with Crippen LogP contribution in [0.1, 0.15) is 18.6 Å². The molecule has 0 aliphatic heterocycles. The van der Waals surface area contributed by atoms with E-state index in [1.54, 1.807) is 6.07 Å². The standard InChI is InChI=1S/C8H10N2O3/c1-9-8(4-5-8)6-2-3-7(13-6)10(11)12/h2-3,9H,4-5H2,1H3. The Morgan fingerprint density at radius 2 is 2.31 bits per heavy atom. The van der Waals surface area contributed by atoms with E-state index in [-0.39, 0.29) is 11.4 Å². The van der Waals surface area contributed by atoms with Gasteiger partial charge in [0, 0.05) is 0 Å². The van der Waals surface area contributed by atoms with Gasteiger partial charge in [0.2, 0.25) is 0 Å². The van der Waals surface area contributed by atoms with Crippen molar-refractivity contribution in [1.29, 1.82) is 0 Å². The monoisotopic (exact) mass is 182 g/mol. The van der Waals surface area contributed by atoms with Crippen molar-refractivity contribution in [2.75, 3.05) is 7.05 Å². The lowest BCUT2D eigenvalue weighted by Crippen LogP contribution is -2.23. The molecule has 1 aliphatic carbocycles. The van der Waals surface area contributed by atoms with Gasteiger partial charge in [0.1, 0.15) is 10.7 Å². The quantitative estimate of drug-likeness (QED) is 0.566. The van der Waals surface area contributed by atoms with E-state index in [0.717, 1.165) is 12.8 Å². The van der Waals surface area contributed by atoms with Crippen molar-refractivity contribution >= 4 is 5.88 Å². The number of hydrogen-bond acceptors (Lipinski definition) is 4. The SMILES string of the molecule is CNC1(c2ccc([N+](=O)[O-])o2)CC1. The number of nitro groups is 1. The zero-order valence-corrected chi connectivity index (χ0v) is 7.24. The molecule has 5 nitrogen and oxygen atoms in total. The molecule has 0 aromatic carbocycles. The van der Waals surface area contributed by atoms with Crippen molar-refractivity contribution in [3.63, 3.8) is 0 Å². The first kappa shape index (κ1) is 8.25. The van der Waals surface area contributed by atoms with Gasteiger partial charge in [-0.05, 0) is 26.0 Å². The molecule has 1 fully saturated rings. The Morgan fingerprint density at radius 1 is 1.62 bits per heavy atom. The van der Waals surface area contributed by atoms with Crippen LogP contribution >= 0.6 is 0 Å². The van der Waals surface area contributed by atoms with Crippen molar-refractivity contribution in [1.82, 2.24) is 5.32 Å². The summed E-state index contributed by atoms with van der Waals surface area (Å²) < 4.78 is 5.10. The Bertz CT molecular complexity index is 341. The molecule has 1 aromatic rings. The maximum absolute atomic E-state index is 10.3. The highest BCUT2D eigenvalue weighted by Gasteiger charge is 2.46. The Morgan fingerprint density at radius 3 is 2.69 bits per heavy atom. The lowest BCUT2D eigenvalue weighted by atomic mass is 10.2. The van der Waals surface area contributed by atoms with E-state index in [1.807, 2.05) is 7.05 Å². The molecule has 5 heteroatoms. The first-order valence-electron chi connectivity index (χ1n) is 4.11. The number of hydrogen-bond donors (Lipinski definition) is 1. The normalized spacial score (nSPS) is 18.5. The molecule has 1 aromatic heterocycles. The van der Waals surface area contributed by atoms with Crippen molar-refractivity contribution in [2.24, 2.45) is 0 Å². The largest absolute Gasteiger partial charge is 0.433 e. The van der Waals surface area contributed by atoms with E-state index in [0.29, 0.717) is 5.76 Å². The number of nitrogens with zero attached hydrogens (tertiary/aromatic N) is 1. The second-order valence-corrected chi connectivity index (χ2v) is 3.23. The van der Waals surface area contributed by atoms with Gasteiger partial charge in [-0.25, -0.2) is 0 Å². The lowest BCUT2D eigenvalue weighted by Gasteiger charge is -2.08. The van der Waals surface area contributed by atoms with Gasteiger partial charge in [-0.2, -0.15) is 0 Å². The molecule has 0 radical (unpaired) electrons. The maximum atomic E-state index is 10.3. The Kier molecular flexibility index (Phi) is 1.63. The molecule has 0 atom stereocenters. The van der Waals surface area contributed by atoms with Crippen LogP contribution < -0.4 is 5.32 Å². The molecule has 1 aliphatic rings. The van der Waals surface area contributed by atoms with Gasteiger partial charge >= 0.3 is 5.88 Å². The average Bonchev–Trinajstić information content (AvgIpc) is 2.75. The van der Waals surface area contributed by atoms with Crippen LogP contribution in [0.3, 0.4) is 0 Å². The summed E-state index contributed by atoms with van der Waals surface area (Å²) in [5.41, 5.74) is -0.131. The second-order valence-electron chi connectivity index (χ2n) is 3.23. The van der Waals surface area contributed by atoms with E-state index >= 15 is 0 Å². The highest BCUT2D eigenvalue weighted by atomic mass is 16.6. The molecule has 0 unspecified atom stereocenters. The maximum Gasteiger partial charge on any atom is 0.433 e. The third-order valence-corrected chi connectivity index (χ3v) is 2.47. The summed E-state index contributed by atoms with van der Waals surface area (Å²) in [4.78, 5) is 9.82. The zero-order chi connectivity index (χ0) is 9.47. The van der Waals surface area contributed by atoms with Crippen LogP contribution in [0.5, 0.6) is 0 Å². The third kappa shape index (κ3) is 1.21. The van der Waals surface area contributed by atoms with Crippen LogP contribution in [0.25, 0.3) is 0 Å². The number of nitrogens with one attached hydrogen (secondary N) is 1. The Labute approximate surface area is 74.9 Å². The number of rotatable bonds is 3. The van der Waals surface area contributed by atoms with E-state index in [1.165, 1.54) is 6.07 Å². The predicted molar refractivity (Wildman–Crippen MR) is 45.3 cm³/mol. The lowest BCUT2D eigenvalue weighted by molar-refractivity contribution is -0.402. The summed E-state index contributed by atoms with van der Waals surface area (Å²) in [5, 5.41) is 13.4. The molecule has 1 saturated carbocycles. The van der Waals surface area contributed by atoms with Crippen LogP contribution in [-0.2, 0) is 5.54 Å². The predicted octanol–water partition coefficient (Wildman–Crippen LogP) is 1.40. The van der Waals surface area contributed by atoms with E-state index in [9.17, 15) is 10.1 Å². The summed E-state index contributed by atoms with van der Waals surface area (Å²) in [6, 6.07) is 3.06. The number of furan rings is 1.